The molecule has 4 nitrogen and oxygen atoms in total. The average Bonchev–Trinajstić information content (AvgIpc) is 2.98. The molecule has 0 heterocycles. The van der Waals surface area contributed by atoms with Crippen LogP contribution in [0.25, 0.3) is 0 Å². The largest absolute Gasteiger partial charge is 0.351 e. The zero-order valence-electron chi connectivity index (χ0n) is 9.36. The molecule has 1 saturated carbocycles. The van der Waals surface area contributed by atoms with Gasteiger partial charge in [-0.3, -0.25) is 0 Å². The van der Waals surface area contributed by atoms with Crippen molar-refractivity contribution in [2.75, 3.05) is 5.32 Å². The molecule has 0 saturated heterocycles. The van der Waals surface area contributed by atoms with Gasteiger partial charge in [0.15, 0.2) is 0 Å². The Hall–Kier alpha value is -1.55. The van der Waals surface area contributed by atoms with E-state index in [1.165, 1.54) is 5.56 Å². The minimum Gasteiger partial charge on any atom is -0.351 e. The van der Waals surface area contributed by atoms with E-state index >= 15 is 0 Å². The van der Waals surface area contributed by atoms with Gasteiger partial charge in [0.25, 0.3) is 0 Å². The van der Waals surface area contributed by atoms with E-state index < -0.39 is 6.03 Å². The average molecular weight is 219 g/mol. The van der Waals surface area contributed by atoms with Gasteiger partial charge in [-0.15, -0.1) is 0 Å². The second kappa shape index (κ2) is 3.79. The van der Waals surface area contributed by atoms with Gasteiger partial charge >= 0.3 is 6.03 Å². The number of amides is 2. The fourth-order valence-corrected chi connectivity index (χ4v) is 2.17. The number of nitrogens with two attached hydrogens (primary N) is 2. The van der Waals surface area contributed by atoms with Crippen LogP contribution in [0, 0.1) is 0 Å². The van der Waals surface area contributed by atoms with Crippen molar-refractivity contribution in [3.63, 3.8) is 0 Å². The minimum absolute atomic E-state index is 0.158. The van der Waals surface area contributed by atoms with E-state index in [0.717, 1.165) is 18.5 Å². The van der Waals surface area contributed by atoms with Gasteiger partial charge in [-0.1, -0.05) is 12.1 Å². The van der Waals surface area contributed by atoms with Gasteiger partial charge in [-0.2, -0.15) is 0 Å². The highest BCUT2D eigenvalue weighted by molar-refractivity contribution is 5.87. The van der Waals surface area contributed by atoms with Crippen LogP contribution >= 0.6 is 0 Å². The summed E-state index contributed by atoms with van der Waals surface area (Å²) in [6.45, 7) is 2.04. The predicted octanol–water partition coefficient (Wildman–Crippen LogP) is 1.56. The zero-order chi connectivity index (χ0) is 11.8. The molecule has 1 atom stereocenters. The van der Waals surface area contributed by atoms with E-state index in [0.29, 0.717) is 0 Å². The Morgan fingerprint density at radius 3 is 2.31 bits per heavy atom. The lowest BCUT2D eigenvalue weighted by Crippen LogP contribution is -2.31. The SMILES string of the molecule is CC(N)C1(c2ccc(NC(N)=O)cc2)CC1. The van der Waals surface area contributed by atoms with Gasteiger partial charge in [0.1, 0.15) is 0 Å². The summed E-state index contributed by atoms with van der Waals surface area (Å²) in [6, 6.07) is 7.39. The third-order valence-corrected chi connectivity index (χ3v) is 3.39. The van der Waals surface area contributed by atoms with Crippen LogP contribution in [0.15, 0.2) is 24.3 Å². The van der Waals surface area contributed by atoms with Crippen molar-refractivity contribution in [1.29, 1.82) is 0 Å². The molecule has 0 bridgehead atoms. The smallest absolute Gasteiger partial charge is 0.316 e. The number of primary amides is 1. The predicted molar refractivity (Wildman–Crippen MR) is 64.2 cm³/mol. The lowest BCUT2D eigenvalue weighted by molar-refractivity contribution is 0.259. The summed E-state index contributed by atoms with van der Waals surface area (Å²) in [4.78, 5) is 10.7. The topological polar surface area (TPSA) is 81.1 Å². The molecule has 16 heavy (non-hydrogen) atoms. The Morgan fingerprint density at radius 1 is 1.38 bits per heavy atom. The van der Waals surface area contributed by atoms with Crippen LogP contribution < -0.4 is 16.8 Å². The van der Waals surface area contributed by atoms with Crippen LogP contribution in [0.5, 0.6) is 0 Å². The molecule has 1 aliphatic carbocycles. The molecule has 5 N–H and O–H groups in total. The van der Waals surface area contributed by atoms with E-state index in [4.69, 9.17) is 11.5 Å². The number of rotatable bonds is 3. The van der Waals surface area contributed by atoms with Crippen LogP contribution in [-0.2, 0) is 5.41 Å². The van der Waals surface area contributed by atoms with Crippen molar-refractivity contribution >= 4 is 11.7 Å². The summed E-state index contributed by atoms with van der Waals surface area (Å²) < 4.78 is 0. The van der Waals surface area contributed by atoms with Crippen LogP contribution in [0.2, 0.25) is 0 Å². The molecule has 4 heteroatoms. The summed E-state index contributed by atoms with van der Waals surface area (Å²) in [7, 11) is 0. The number of carbonyl (C=O) groups excluding carboxylic acids is 1. The molecule has 1 unspecified atom stereocenters. The van der Waals surface area contributed by atoms with Crippen molar-refractivity contribution in [1.82, 2.24) is 0 Å². The molecule has 2 amide bonds. The van der Waals surface area contributed by atoms with E-state index in [1.54, 1.807) is 0 Å². The van der Waals surface area contributed by atoms with Crippen LogP contribution in [0.4, 0.5) is 10.5 Å². The second-order valence-electron chi connectivity index (χ2n) is 4.51. The summed E-state index contributed by atoms with van der Waals surface area (Å²) in [5.74, 6) is 0. The quantitative estimate of drug-likeness (QED) is 0.721. The molecule has 0 aliphatic heterocycles. The molecule has 0 radical (unpaired) electrons. The maximum absolute atomic E-state index is 10.7. The second-order valence-corrected chi connectivity index (χ2v) is 4.51. The van der Waals surface area contributed by atoms with Gasteiger partial charge in [-0.05, 0) is 37.5 Å². The molecule has 2 rings (SSSR count). The van der Waals surface area contributed by atoms with Gasteiger partial charge in [0.2, 0.25) is 0 Å². The Kier molecular flexibility index (Phi) is 2.59. The summed E-state index contributed by atoms with van der Waals surface area (Å²) >= 11 is 0. The Bertz CT molecular complexity index is 393. The normalized spacial score (nSPS) is 18.9. The maximum atomic E-state index is 10.7. The monoisotopic (exact) mass is 219 g/mol. The highest BCUT2D eigenvalue weighted by Crippen LogP contribution is 2.50. The van der Waals surface area contributed by atoms with Crippen molar-refractivity contribution in [2.24, 2.45) is 11.5 Å². The number of hydrogen-bond acceptors (Lipinski definition) is 2. The van der Waals surface area contributed by atoms with Gasteiger partial charge in [0, 0.05) is 17.1 Å². The van der Waals surface area contributed by atoms with E-state index in [-0.39, 0.29) is 11.5 Å². The van der Waals surface area contributed by atoms with E-state index in [1.807, 2.05) is 31.2 Å². The number of anilines is 1. The molecule has 1 aromatic rings. The molecular weight excluding hydrogens is 202 g/mol. The maximum Gasteiger partial charge on any atom is 0.316 e. The molecule has 86 valence electrons. The molecule has 0 spiro atoms. The molecule has 1 aliphatic rings. The van der Waals surface area contributed by atoms with Gasteiger partial charge in [0.05, 0.1) is 0 Å². The Labute approximate surface area is 95.0 Å². The highest BCUT2D eigenvalue weighted by atomic mass is 16.2. The standard InChI is InChI=1S/C12H17N3O/c1-8(13)12(6-7-12)9-2-4-10(5-3-9)15-11(14)16/h2-5,8H,6-7,13H2,1H3,(H3,14,15,16). The number of nitrogens with one attached hydrogen (secondary N) is 1. The molecule has 1 aromatic carbocycles. The number of urea groups is 1. The summed E-state index contributed by atoms with van der Waals surface area (Å²) in [5, 5.41) is 2.54. The Balaban J connectivity index is 2.17. The first-order valence-corrected chi connectivity index (χ1v) is 5.47. The van der Waals surface area contributed by atoms with Gasteiger partial charge in [-0.25, -0.2) is 4.79 Å². The summed E-state index contributed by atoms with van der Waals surface area (Å²) in [6.07, 6.45) is 2.29. The van der Waals surface area contributed by atoms with Crippen molar-refractivity contribution < 1.29 is 4.79 Å². The first-order chi connectivity index (χ1) is 7.54. The van der Waals surface area contributed by atoms with E-state index in [2.05, 4.69) is 5.32 Å². The fraction of sp³-hybridized carbons (Fsp3) is 0.417. The van der Waals surface area contributed by atoms with Gasteiger partial charge < -0.3 is 16.8 Å². The third kappa shape index (κ3) is 1.88. The number of carbonyl (C=O) groups is 1. The molecule has 1 fully saturated rings. The van der Waals surface area contributed by atoms with Crippen LogP contribution in [-0.4, -0.2) is 12.1 Å². The zero-order valence-corrected chi connectivity index (χ0v) is 9.36. The van der Waals surface area contributed by atoms with Crippen molar-refractivity contribution in [3.8, 4) is 0 Å². The third-order valence-electron chi connectivity index (χ3n) is 3.39. The van der Waals surface area contributed by atoms with Crippen molar-refractivity contribution in [2.45, 2.75) is 31.2 Å². The Morgan fingerprint density at radius 2 is 1.94 bits per heavy atom. The van der Waals surface area contributed by atoms with Crippen LogP contribution in [0.1, 0.15) is 25.3 Å². The lowest BCUT2D eigenvalue weighted by atomic mass is 9.89. The van der Waals surface area contributed by atoms with Crippen molar-refractivity contribution in [3.05, 3.63) is 29.8 Å². The first kappa shape index (κ1) is 11.0. The van der Waals surface area contributed by atoms with Crippen LogP contribution in [0.3, 0.4) is 0 Å². The fourth-order valence-electron chi connectivity index (χ4n) is 2.17. The molecule has 0 aromatic heterocycles. The van der Waals surface area contributed by atoms with E-state index in [9.17, 15) is 4.79 Å². The number of benzene rings is 1. The lowest BCUT2D eigenvalue weighted by Gasteiger charge is -2.20. The number of hydrogen-bond donors (Lipinski definition) is 3. The molecular formula is C12H17N3O. The first-order valence-electron chi connectivity index (χ1n) is 5.47. The highest BCUT2D eigenvalue weighted by Gasteiger charge is 2.47. The minimum atomic E-state index is -0.541. The summed E-state index contributed by atoms with van der Waals surface area (Å²) in [5.41, 5.74) is 13.2.